The minimum Gasteiger partial charge on any atom is -0.496 e. The highest BCUT2D eigenvalue weighted by molar-refractivity contribution is 5.91. The van der Waals surface area contributed by atoms with E-state index in [0.717, 1.165) is 48.1 Å². The Morgan fingerprint density at radius 1 is 1.21 bits per heavy atom. The summed E-state index contributed by atoms with van der Waals surface area (Å²) in [5.41, 5.74) is 9.34. The van der Waals surface area contributed by atoms with Crippen LogP contribution in [0.2, 0.25) is 0 Å². The first-order valence-corrected chi connectivity index (χ1v) is 11.6. The molecule has 3 N–H and O–H groups in total. The van der Waals surface area contributed by atoms with Crippen molar-refractivity contribution >= 4 is 28.3 Å². The van der Waals surface area contributed by atoms with Crippen LogP contribution >= 0.6 is 0 Å². The number of anilines is 2. The lowest BCUT2D eigenvalue weighted by molar-refractivity contribution is -0.129. The van der Waals surface area contributed by atoms with Gasteiger partial charge in [-0.1, -0.05) is 0 Å². The Balaban J connectivity index is 1.73. The van der Waals surface area contributed by atoms with Gasteiger partial charge in [0.15, 0.2) is 0 Å². The third-order valence-electron chi connectivity index (χ3n) is 6.66. The molecule has 7 nitrogen and oxygen atoms in total. The van der Waals surface area contributed by atoms with Crippen LogP contribution in [0.4, 0.5) is 15.9 Å². The molecule has 0 unspecified atom stereocenters. The molecule has 0 spiro atoms. The summed E-state index contributed by atoms with van der Waals surface area (Å²) in [4.78, 5) is 22.9. The van der Waals surface area contributed by atoms with Gasteiger partial charge in [0.2, 0.25) is 5.91 Å². The maximum Gasteiger partial charge on any atom is 0.219 e. The van der Waals surface area contributed by atoms with Gasteiger partial charge in [0.1, 0.15) is 23.2 Å². The third-order valence-corrected chi connectivity index (χ3v) is 6.66. The van der Waals surface area contributed by atoms with Crippen molar-refractivity contribution in [3.05, 3.63) is 52.6 Å². The van der Waals surface area contributed by atoms with E-state index in [-0.39, 0.29) is 23.7 Å². The Hall–Kier alpha value is -3.42. The first kappa shape index (κ1) is 23.7. The number of nitrogen functional groups attached to an aromatic ring is 1. The van der Waals surface area contributed by atoms with Crippen LogP contribution in [-0.4, -0.2) is 41.0 Å². The number of nitrogens with two attached hydrogens (primary N) is 1. The first-order chi connectivity index (χ1) is 16.2. The van der Waals surface area contributed by atoms with E-state index >= 15 is 0 Å². The average molecular weight is 466 g/mol. The van der Waals surface area contributed by atoms with Crippen molar-refractivity contribution in [2.24, 2.45) is 0 Å². The van der Waals surface area contributed by atoms with Crippen molar-refractivity contribution in [2.75, 3.05) is 31.2 Å². The molecule has 1 aliphatic rings. The number of methoxy groups -OCH3 is 1. The minimum atomic E-state index is -0.357. The number of halogens is 1. The van der Waals surface area contributed by atoms with Crippen LogP contribution in [0.3, 0.4) is 0 Å². The summed E-state index contributed by atoms with van der Waals surface area (Å²) < 4.78 is 20.6. The van der Waals surface area contributed by atoms with Crippen LogP contribution in [0.1, 0.15) is 61.2 Å². The highest BCUT2D eigenvalue weighted by Gasteiger charge is 2.26. The molecule has 0 aliphatic carbocycles. The van der Waals surface area contributed by atoms with Gasteiger partial charge in [-0.15, -0.1) is 0 Å². The lowest BCUT2D eigenvalue weighted by atomic mass is 9.88. The van der Waals surface area contributed by atoms with Gasteiger partial charge in [0, 0.05) is 42.7 Å². The van der Waals surface area contributed by atoms with E-state index in [1.807, 2.05) is 24.8 Å². The number of fused-ring (bicyclic) bond motifs is 1. The number of rotatable bonds is 5. The molecule has 2 aromatic carbocycles. The minimum absolute atomic E-state index is 0.109. The maximum atomic E-state index is 14.8. The van der Waals surface area contributed by atoms with E-state index < -0.39 is 0 Å². The summed E-state index contributed by atoms with van der Waals surface area (Å²) >= 11 is 0. The Morgan fingerprint density at radius 2 is 1.91 bits per heavy atom. The van der Waals surface area contributed by atoms with Crippen molar-refractivity contribution in [1.29, 1.82) is 0 Å². The number of likely N-dealkylation sites (tertiary alicyclic amines) is 1. The average Bonchev–Trinajstić information content (AvgIpc) is 2.80. The summed E-state index contributed by atoms with van der Waals surface area (Å²) in [5, 5.41) is 4.24. The Kier molecular flexibility index (Phi) is 6.59. The maximum absolute atomic E-state index is 14.8. The van der Waals surface area contributed by atoms with Gasteiger partial charge in [-0.05, 0) is 68.9 Å². The molecule has 1 atom stereocenters. The molecule has 0 radical (unpaired) electrons. The van der Waals surface area contributed by atoms with Crippen molar-refractivity contribution < 1.29 is 13.9 Å². The summed E-state index contributed by atoms with van der Waals surface area (Å²) in [6, 6.07) is 6.96. The number of aryl methyl sites for hydroxylation is 2. The zero-order valence-corrected chi connectivity index (χ0v) is 20.4. The molecule has 2 heterocycles. The number of carbonyl (C=O) groups is 1. The molecule has 34 heavy (non-hydrogen) atoms. The number of ether oxygens (including phenoxy) is 1. The number of hydrogen-bond donors (Lipinski definition) is 2. The molecule has 0 saturated carbocycles. The topological polar surface area (TPSA) is 93.4 Å². The molecule has 8 heteroatoms. The molecule has 180 valence electrons. The smallest absolute Gasteiger partial charge is 0.219 e. The van der Waals surface area contributed by atoms with Crippen LogP contribution in [0, 0.1) is 19.7 Å². The number of amides is 1. The SMILES string of the molecule is COc1cc2nc(C)nc(N[C@H](C)c3cc(N)cc(C)c3F)c2cc1C1CCN(C(C)=O)CC1. The van der Waals surface area contributed by atoms with E-state index in [4.69, 9.17) is 10.5 Å². The Morgan fingerprint density at radius 3 is 2.56 bits per heavy atom. The van der Waals surface area contributed by atoms with Crippen molar-refractivity contribution in [3.8, 4) is 5.75 Å². The van der Waals surface area contributed by atoms with Crippen LogP contribution < -0.4 is 15.8 Å². The molecule has 0 bridgehead atoms. The monoisotopic (exact) mass is 465 g/mol. The molecule has 1 aromatic heterocycles. The molecule has 1 saturated heterocycles. The molecular weight excluding hydrogens is 433 g/mol. The van der Waals surface area contributed by atoms with E-state index in [9.17, 15) is 9.18 Å². The predicted octanol–water partition coefficient (Wildman–Crippen LogP) is 4.88. The van der Waals surface area contributed by atoms with Gasteiger partial charge in [-0.25, -0.2) is 14.4 Å². The van der Waals surface area contributed by atoms with Gasteiger partial charge in [-0.2, -0.15) is 0 Å². The molecule has 4 rings (SSSR count). The van der Waals surface area contributed by atoms with Gasteiger partial charge in [-0.3, -0.25) is 4.79 Å². The van der Waals surface area contributed by atoms with Crippen molar-refractivity contribution in [2.45, 2.75) is 52.5 Å². The zero-order valence-electron chi connectivity index (χ0n) is 20.4. The predicted molar refractivity (Wildman–Crippen MR) is 133 cm³/mol. The number of benzene rings is 2. The van der Waals surface area contributed by atoms with E-state index in [1.165, 1.54) is 0 Å². The first-order valence-electron chi connectivity index (χ1n) is 11.6. The fourth-order valence-electron chi connectivity index (χ4n) is 4.82. The number of aromatic nitrogens is 2. The summed E-state index contributed by atoms with van der Waals surface area (Å²) in [7, 11) is 1.66. The van der Waals surface area contributed by atoms with Gasteiger partial charge >= 0.3 is 0 Å². The van der Waals surface area contributed by atoms with E-state index in [2.05, 4.69) is 21.4 Å². The summed E-state index contributed by atoms with van der Waals surface area (Å²) in [5.74, 6) is 2.12. The fourth-order valence-corrected chi connectivity index (χ4v) is 4.82. The highest BCUT2D eigenvalue weighted by Crippen LogP contribution is 2.39. The van der Waals surface area contributed by atoms with Crippen molar-refractivity contribution in [3.63, 3.8) is 0 Å². The van der Waals surface area contributed by atoms with Crippen LogP contribution in [0.5, 0.6) is 5.75 Å². The number of hydrogen-bond acceptors (Lipinski definition) is 6. The third kappa shape index (κ3) is 4.62. The van der Waals surface area contributed by atoms with E-state index in [1.54, 1.807) is 33.1 Å². The van der Waals surface area contributed by atoms with Crippen LogP contribution in [0.25, 0.3) is 10.9 Å². The van der Waals surface area contributed by atoms with Crippen molar-refractivity contribution in [1.82, 2.24) is 14.9 Å². The van der Waals surface area contributed by atoms with Gasteiger partial charge in [0.05, 0.1) is 18.7 Å². The summed E-state index contributed by atoms with van der Waals surface area (Å²) in [6.07, 6.45) is 1.72. The lowest BCUT2D eigenvalue weighted by Gasteiger charge is -2.32. The fraction of sp³-hybridized carbons (Fsp3) is 0.423. The summed E-state index contributed by atoms with van der Waals surface area (Å²) in [6.45, 7) is 8.49. The Labute approximate surface area is 199 Å². The standard InChI is InChI=1S/C26H32FN5O2/c1-14-10-19(28)11-20(25(14)27)15(2)29-26-22-12-21(18-6-8-32(9-7-18)17(4)33)24(34-5)13-23(22)30-16(3)31-26/h10-13,15,18H,6-9,28H2,1-5H3,(H,29,30,31)/t15-/m1/s1. The molecule has 1 amide bonds. The Bertz CT molecular complexity index is 1240. The largest absolute Gasteiger partial charge is 0.496 e. The molecule has 3 aromatic rings. The highest BCUT2D eigenvalue weighted by atomic mass is 19.1. The molecule has 1 aliphatic heterocycles. The molecule has 1 fully saturated rings. The van der Waals surface area contributed by atoms with Gasteiger partial charge < -0.3 is 20.7 Å². The van der Waals surface area contributed by atoms with Crippen LogP contribution in [0.15, 0.2) is 24.3 Å². The normalized spacial score (nSPS) is 15.4. The second-order valence-corrected chi connectivity index (χ2v) is 9.12. The van der Waals surface area contributed by atoms with E-state index in [0.29, 0.717) is 28.5 Å². The lowest BCUT2D eigenvalue weighted by Crippen LogP contribution is -2.36. The van der Waals surface area contributed by atoms with Gasteiger partial charge in [0.25, 0.3) is 0 Å². The second kappa shape index (κ2) is 9.44. The zero-order chi connectivity index (χ0) is 24.6. The quantitative estimate of drug-likeness (QED) is 0.522. The van der Waals surface area contributed by atoms with Crippen LogP contribution in [-0.2, 0) is 4.79 Å². The number of nitrogens with one attached hydrogen (secondary N) is 1. The number of piperidine rings is 1. The molecular formula is C26H32FN5O2. The number of nitrogens with zero attached hydrogens (tertiary/aromatic N) is 3. The number of carbonyl (C=O) groups excluding carboxylic acids is 1. The second-order valence-electron chi connectivity index (χ2n) is 9.12.